The van der Waals surface area contributed by atoms with Gasteiger partial charge >= 0.3 is 6.61 Å². The Morgan fingerprint density at radius 2 is 1.82 bits per heavy atom. The minimum Gasteiger partial charge on any atom is -0.433 e. The number of benzene rings is 2. The van der Waals surface area contributed by atoms with Crippen LogP contribution < -0.4 is 15.4 Å². The molecule has 2 N–H and O–H groups in total. The van der Waals surface area contributed by atoms with E-state index in [0.717, 1.165) is 5.56 Å². The highest BCUT2D eigenvalue weighted by atomic mass is 35.5. The molecule has 7 heteroatoms. The Bertz CT molecular complexity index is 682. The van der Waals surface area contributed by atoms with Crippen molar-refractivity contribution in [3.63, 3.8) is 0 Å². The van der Waals surface area contributed by atoms with E-state index in [1.165, 1.54) is 6.07 Å². The summed E-state index contributed by atoms with van der Waals surface area (Å²) in [5.74, 6) is 0.0262. The lowest BCUT2D eigenvalue weighted by atomic mass is 10.2. The molecule has 22 heavy (non-hydrogen) atoms. The second-order valence-corrected chi connectivity index (χ2v) is 5.25. The maximum Gasteiger partial charge on any atom is 0.387 e. The Hall–Kier alpha value is -1.92. The molecule has 0 saturated heterocycles. The van der Waals surface area contributed by atoms with Crippen LogP contribution in [0.15, 0.2) is 42.5 Å². The summed E-state index contributed by atoms with van der Waals surface area (Å²) in [6, 6.07) is 11.9. The summed E-state index contributed by atoms with van der Waals surface area (Å²) in [4.78, 5) is 0. The molecule has 0 aliphatic rings. The number of halogens is 3. The molecule has 0 amide bonds. The molecule has 0 unspecified atom stereocenters. The number of rotatable bonds is 4. The van der Waals surface area contributed by atoms with Gasteiger partial charge < -0.3 is 15.4 Å². The fourth-order valence-electron chi connectivity index (χ4n) is 1.76. The summed E-state index contributed by atoms with van der Waals surface area (Å²) >= 11 is 11.2. The zero-order valence-corrected chi connectivity index (χ0v) is 13.1. The van der Waals surface area contributed by atoms with Crippen molar-refractivity contribution < 1.29 is 13.5 Å². The Morgan fingerprint density at radius 1 is 1.14 bits per heavy atom. The third-order valence-corrected chi connectivity index (χ3v) is 3.26. The van der Waals surface area contributed by atoms with E-state index >= 15 is 0 Å². The standard InChI is InChI=1S/C15H13ClF2N2OS/c1-9-6-7-12(13(8-9)21-14(17)18)20-15(22)19-11-5-3-2-4-10(11)16/h2-8,14H,1H3,(H2,19,20,22). The smallest absolute Gasteiger partial charge is 0.387 e. The van der Waals surface area contributed by atoms with Gasteiger partial charge in [-0.15, -0.1) is 0 Å². The lowest BCUT2D eigenvalue weighted by molar-refractivity contribution is -0.0493. The molecule has 0 radical (unpaired) electrons. The molecule has 2 aromatic carbocycles. The highest BCUT2D eigenvalue weighted by Gasteiger charge is 2.11. The summed E-state index contributed by atoms with van der Waals surface area (Å²) in [6.07, 6.45) is 0. The summed E-state index contributed by atoms with van der Waals surface area (Å²) < 4.78 is 29.4. The van der Waals surface area contributed by atoms with Crippen molar-refractivity contribution in [3.8, 4) is 5.75 Å². The van der Waals surface area contributed by atoms with Gasteiger partial charge in [0.1, 0.15) is 5.75 Å². The van der Waals surface area contributed by atoms with E-state index in [1.807, 2.05) is 0 Å². The molecular formula is C15H13ClF2N2OS. The Kier molecular flexibility index (Phi) is 5.51. The lowest BCUT2D eigenvalue weighted by Crippen LogP contribution is -2.20. The van der Waals surface area contributed by atoms with Crippen LogP contribution in [0.4, 0.5) is 20.2 Å². The average molecular weight is 343 g/mol. The fraction of sp³-hybridized carbons (Fsp3) is 0.133. The van der Waals surface area contributed by atoms with E-state index in [9.17, 15) is 8.78 Å². The number of hydrogen-bond acceptors (Lipinski definition) is 2. The van der Waals surface area contributed by atoms with E-state index < -0.39 is 6.61 Å². The zero-order chi connectivity index (χ0) is 16.1. The van der Waals surface area contributed by atoms with Crippen LogP contribution in [-0.4, -0.2) is 11.7 Å². The van der Waals surface area contributed by atoms with E-state index in [2.05, 4.69) is 15.4 Å². The summed E-state index contributed by atoms with van der Waals surface area (Å²) in [5, 5.41) is 6.44. The van der Waals surface area contributed by atoms with Gasteiger partial charge in [0.25, 0.3) is 0 Å². The van der Waals surface area contributed by atoms with Gasteiger partial charge in [0.15, 0.2) is 5.11 Å². The van der Waals surface area contributed by atoms with Crippen molar-refractivity contribution >= 4 is 40.3 Å². The maximum absolute atomic E-state index is 12.5. The first kappa shape index (κ1) is 16.5. The quantitative estimate of drug-likeness (QED) is 0.761. The molecule has 116 valence electrons. The van der Waals surface area contributed by atoms with Crippen molar-refractivity contribution in [2.24, 2.45) is 0 Å². The predicted octanol–water partition coefficient (Wildman–Crippen LogP) is 5.06. The molecule has 2 rings (SSSR count). The first-order chi connectivity index (χ1) is 10.5. The van der Waals surface area contributed by atoms with E-state index in [4.69, 9.17) is 23.8 Å². The normalized spacial score (nSPS) is 10.4. The van der Waals surface area contributed by atoms with Crippen molar-refractivity contribution in [1.82, 2.24) is 0 Å². The van der Waals surface area contributed by atoms with Gasteiger partial charge in [-0.25, -0.2) is 0 Å². The van der Waals surface area contributed by atoms with Crippen LogP contribution in [0.5, 0.6) is 5.75 Å². The third-order valence-electron chi connectivity index (χ3n) is 2.72. The Morgan fingerprint density at radius 3 is 2.50 bits per heavy atom. The number of anilines is 2. The number of alkyl halides is 2. The predicted molar refractivity (Wildman–Crippen MR) is 89.1 cm³/mol. The van der Waals surface area contributed by atoms with Gasteiger partial charge in [-0.05, 0) is 49.0 Å². The van der Waals surface area contributed by atoms with Gasteiger partial charge in [-0.3, -0.25) is 0 Å². The SMILES string of the molecule is Cc1ccc(NC(=S)Nc2ccccc2Cl)c(OC(F)F)c1. The summed E-state index contributed by atoms with van der Waals surface area (Å²) in [5.41, 5.74) is 1.76. The molecule has 3 nitrogen and oxygen atoms in total. The van der Waals surface area contributed by atoms with Gasteiger partial charge in [-0.2, -0.15) is 8.78 Å². The molecule has 0 aromatic heterocycles. The van der Waals surface area contributed by atoms with Crippen molar-refractivity contribution in [1.29, 1.82) is 0 Å². The van der Waals surface area contributed by atoms with Crippen molar-refractivity contribution in [2.75, 3.05) is 10.6 Å². The van der Waals surface area contributed by atoms with Crippen LogP contribution in [0.3, 0.4) is 0 Å². The molecule has 0 heterocycles. The lowest BCUT2D eigenvalue weighted by Gasteiger charge is -2.15. The Labute approximate surface area is 137 Å². The number of para-hydroxylation sites is 1. The highest BCUT2D eigenvalue weighted by molar-refractivity contribution is 7.80. The van der Waals surface area contributed by atoms with Crippen LogP contribution in [0.25, 0.3) is 0 Å². The second kappa shape index (κ2) is 7.38. The van der Waals surface area contributed by atoms with Crippen LogP contribution in [0.2, 0.25) is 5.02 Å². The Balaban J connectivity index is 2.13. The molecule has 0 saturated carbocycles. The number of ether oxygens (including phenoxy) is 1. The molecular weight excluding hydrogens is 330 g/mol. The topological polar surface area (TPSA) is 33.3 Å². The van der Waals surface area contributed by atoms with Crippen LogP contribution in [0.1, 0.15) is 5.56 Å². The van der Waals surface area contributed by atoms with Gasteiger partial charge in [-0.1, -0.05) is 29.8 Å². The maximum atomic E-state index is 12.5. The van der Waals surface area contributed by atoms with E-state index in [-0.39, 0.29) is 10.9 Å². The van der Waals surface area contributed by atoms with Crippen molar-refractivity contribution in [2.45, 2.75) is 13.5 Å². The minimum atomic E-state index is -2.91. The van der Waals surface area contributed by atoms with E-state index in [1.54, 1.807) is 43.3 Å². The van der Waals surface area contributed by atoms with Crippen LogP contribution in [-0.2, 0) is 0 Å². The number of thiocarbonyl (C=S) groups is 1. The van der Waals surface area contributed by atoms with Gasteiger partial charge in [0.2, 0.25) is 0 Å². The molecule has 2 aromatic rings. The fourth-order valence-corrected chi connectivity index (χ4v) is 2.17. The molecule has 0 bridgehead atoms. The van der Waals surface area contributed by atoms with Gasteiger partial charge in [0.05, 0.1) is 16.4 Å². The first-order valence-electron chi connectivity index (χ1n) is 6.33. The largest absolute Gasteiger partial charge is 0.433 e. The van der Waals surface area contributed by atoms with Crippen molar-refractivity contribution in [3.05, 3.63) is 53.1 Å². The highest BCUT2D eigenvalue weighted by Crippen LogP contribution is 2.28. The zero-order valence-electron chi connectivity index (χ0n) is 11.6. The number of aryl methyl sites for hydroxylation is 1. The number of nitrogens with one attached hydrogen (secondary N) is 2. The average Bonchev–Trinajstić information content (AvgIpc) is 2.44. The molecule has 0 aliphatic carbocycles. The third kappa shape index (κ3) is 4.54. The van der Waals surface area contributed by atoms with E-state index in [0.29, 0.717) is 16.4 Å². The van der Waals surface area contributed by atoms with Gasteiger partial charge in [0, 0.05) is 0 Å². The summed E-state index contributed by atoms with van der Waals surface area (Å²) in [6.45, 7) is -1.13. The second-order valence-electron chi connectivity index (χ2n) is 4.44. The monoisotopic (exact) mass is 342 g/mol. The van der Waals surface area contributed by atoms with Crippen LogP contribution in [0, 0.1) is 6.92 Å². The molecule has 0 aliphatic heterocycles. The molecule has 0 fully saturated rings. The van der Waals surface area contributed by atoms with Crippen LogP contribution >= 0.6 is 23.8 Å². The molecule has 0 atom stereocenters. The molecule has 0 spiro atoms. The number of hydrogen-bond donors (Lipinski definition) is 2. The minimum absolute atomic E-state index is 0.0262. The first-order valence-corrected chi connectivity index (χ1v) is 7.12. The summed E-state index contributed by atoms with van der Waals surface area (Å²) in [7, 11) is 0.